The minimum atomic E-state index is 0.551. The van der Waals surface area contributed by atoms with Crippen molar-refractivity contribution in [2.24, 2.45) is 0 Å². The molecule has 1 heterocycles. The Morgan fingerprint density at radius 2 is 1.74 bits per heavy atom. The monoisotopic (exact) mass is 296 g/mol. The molecule has 0 spiro atoms. The van der Waals surface area contributed by atoms with Crippen molar-refractivity contribution in [3.63, 3.8) is 0 Å². The van der Waals surface area contributed by atoms with E-state index in [0.717, 1.165) is 17.9 Å². The Morgan fingerprint density at radius 1 is 1.11 bits per heavy atom. The SMILES string of the molecule is CCNc1ncnc(Nc2c(Cl)cccc2Cl)c1C. The van der Waals surface area contributed by atoms with E-state index in [4.69, 9.17) is 23.2 Å². The molecule has 0 amide bonds. The van der Waals surface area contributed by atoms with E-state index < -0.39 is 0 Å². The number of nitrogens with zero attached hydrogens (tertiary/aromatic N) is 2. The summed E-state index contributed by atoms with van der Waals surface area (Å²) in [5.41, 5.74) is 1.57. The van der Waals surface area contributed by atoms with Crippen molar-refractivity contribution in [3.05, 3.63) is 40.1 Å². The van der Waals surface area contributed by atoms with Gasteiger partial charge in [-0.2, -0.15) is 0 Å². The Labute approximate surface area is 122 Å². The topological polar surface area (TPSA) is 49.8 Å². The number of aromatic nitrogens is 2. The van der Waals surface area contributed by atoms with Gasteiger partial charge in [0.05, 0.1) is 15.7 Å². The molecule has 19 heavy (non-hydrogen) atoms. The van der Waals surface area contributed by atoms with E-state index in [1.54, 1.807) is 18.2 Å². The molecule has 2 N–H and O–H groups in total. The molecule has 0 bridgehead atoms. The summed E-state index contributed by atoms with van der Waals surface area (Å²) in [5, 5.41) is 7.43. The second-order valence-corrected chi connectivity index (χ2v) is 4.76. The lowest BCUT2D eigenvalue weighted by Crippen LogP contribution is -2.05. The maximum absolute atomic E-state index is 6.13. The van der Waals surface area contributed by atoms with Gasteiger partial charge in [0.2, 0.25) is 0 Å². The van der Waals surface area contributed by atoms with Gasteiger partial charge < -0.3 is 10.6 Å². The third-order valence-electron chi connectivity index (χ3n) is 2.63. The fraction of sp³-hybridized carbons (Fsp3) is 0.231. The lowest BCUT2D eigenvalue weighted by Gasteiger charge is -2.13. The van der Waals surface area contributed by atoms with E-state index in [2.05, 4.69) is 20.6 Å². The molecule has 6 heteroatoms. The molecule has 0 aliphatic rings. The average molecular weight is 297 g/mol. The minimum Gasteiger partial charge on any atom is -0.370 e. The highest BCUT2D eigenvalue weighted by molar-refractivity contribution is 6.39. The van der Waals surface area contributed by atoms with Crippen LogP contribution in [0.3, 0.4) is 0 Å². The molecule has 0 saturated heterocycles. The van der Waals surface area contributed by atoms with Gasteiger partial charge in [0.1, 0.15) is 18.0 Å². The van der Waals surface area contributed by atoms with E-state index >= 15 is 0 Å². The molecule has 0 unspecified atom stereocenters. The first-order chi connectivity index (χ1) is 9.13. The Bertz CT molecular complexity index is 567. The summed E-state index contributed by atoms with van der Waals surface area (Å²) in [4.78, 5) is 8.41. The molecule has 0 atom stereocenters. The fourth-order valence-corrected chi connectivity index (χ4v) is 2.15. The van der Waals surface area contributed by atoms with Gasteiger partial charge in [-0.1, -0.05) is 29.3 Å². The third-order valence-corrected chi connectivity index (χ3v) is 3.26. The van der Waals surface area contributed by atoms with Gasteiger partial charge in [-0.15, -0.1) is 0 Å². The van der Waals surface area contributed by atoms with Crippen LogP contribution < -0.4 is 10.6 Å². The van der Waals surface area contributed by atoms with Crippen molar-refractivity contribution in [3.8, 4) is 0 Å². The first kappa shape index (κ1) is 13.9. The molecule has 0 aliphatic heterocycles. The van der Waals surface area contributed by atoms with E-state index in [0.29, 0.717) is 21.6 Å². The summed E-state index contributed by atoms with van der Waals surface area (Å²) in [7, 11) is 0. The van der Waals surface area contributed by atoms with Crippen LogP contribution in [-0.4, -0.2) is 16.5 Å². The molecule has 0 saturated carbocycles. The van der Waals surface area contributed by atoms with Crippen molar-refractivity contribution in [2.75, 3.05) is 17.2 Å². The number of nitrogens with one attached hydrogen (secondary N) is 2. The number of anilines is 3. The van der Waals surface area contributed by atoms with Crippen LogP contribution >= 0.6 is 23.2 Å². The molecule has 4 nitrogen and oxygen atoms in total. The van der Waals surface area contributed by atoms with Crippen molar-refractivity contribution < 1.29 is 0 Å². The third kappa shape index (κ3) is 3.08. The molecule has 2 rings (SSSR count). The Morgan fingerprint density at radius 3 is 2.37 bits per heavy atom. The molecular formula is C13H14Cl2N4. The molecule has 0 radical (unpaired) electrons. The summed E-state index contributed by atoms with van der Waals surface area (Å²) in [6.07, 6.45) is 1.50. The molecular weight excluding hydrogens is 283 g/mol. The van der Waals surface area contributed by atoms with Gasteiger partial charge in [-0.05, 0) is 26.0 Å². The highest BCUT2D eigenvalue weighted by Gasteiger charge is 2.10. The number of rotatable bonds is 4. The maximum Gasteiger partial charge on any atom is 0.138 e. The van der Waals surface area contributed by atoms with E-state index in [9.17, 15) is 0 Å². The normalized spacial score (nSPS) is 10.3. The number of para-hydroxylation sites is 1. The summed E-state index contributed by atoms with van der Waals surface area (Å²) < 4.78 is 0. The van der Waals surface area contributed by atoms with Crippen LogP contribution in [0.4, 0.5) is 17.3 Å². The van der Waals surface area contributed by atoms with Crippen molar-refractivity contribution in [1.82, 2.24) is 9.97 Å². The molecule has 2 aromatic rings. The number of hydrogen-bond donors (Lipinski definition) is 2. The highest BCUT2D eigenvalue weighted by Crippen LogP contribution is 2.33. The van der Waals surface area contributed by atoms with E-state index in [-0.39, 0.29) is 0 Å². The number of hydrogen-bond acceptors (Lipinski definition) is 4. The second-order valence-electron chi connectivity index (χ2n) is 3.95. The molecule has 0 aliphatic carbocycles. The summed E-state index contributed by atoms with van der Waals surface area (Å²) >= 11 is 12.3. The van der Waals surface area contributed by atoms with Crippen LogP contribution in [-0.2, 0) is 0 Å². The number of benzene rings is 1. The summed E-state index contributed by atoms with van der Waals surface area (Å²) in [6.45, 7) is 4.74. The number of halogens is 2. The summed E-state index contributed by atoms with van der Waals surface area (Å²) in [5.74, 6) is 1.48. The van der Waals surface area contributed by atoms with Gasteiger partial charge in [-0.25, -0.2) is 9.97 Å². The Hall–Kier alpha value is -1.52. The van der Waals surface area contributed by atoms with Crippen LogP contribution in [0.25, 0.3) is 0 Å². The van der Waals surface area contributed by atoms with Gasteiger partial charge in [0.15, 0.2) is 0 Å². The zero-order chi connectivity index (χ0) is 13.8. The van der Waals surface area contributed by atoms with Crippen molar-refractivity contribution >= 4 is 40.5 Å². The Balaban J connectivity index is 2.36. The van der Waals surface area contributed by atoms with E-state index in [1.807, 2.05) is 13.8 Å². The van der Waals surface area contributed by atoms with Crippen LogP contribution in [0.5, 0.6) is 0 Å². The molecule has 0 fully saturated rings. The van der Waals surface area contributed by atoms with Crippen LogP contribution in [0, 0.1) is 6.92 Å². The molecule has 100 valence electrons. The average Bonchev–Trinajstić information content (AvgIpc) is 2.38. The van der Waals surface area contributed by atoms with Crippen LogP contribution in [0.1, 0.15) is 12.5 Å². The van der Waals surface area contributed by atoms with Gasteiger partial charge in [-0.3, -0.25) is 0 Å². The largest absolute Gasteiger partial charge is 0.370 e. The Kier molecular flexibility index (Phi) is 4.45. The van der Waals surface area contributed by atoms with Gasteiger partial charge in [0.25, 0.3) is 0 Å². The lowest BCUT2D eigenvalue weighted by molar-refractivity contribution is 1.08. The van der Waals surface area contributed by atoms with E-state index in [1.165, 1.54) is 6.33 Å². The van der Waals surface area contributed by atoms with Crippen molar-refractivity contribution in [1.29, 1.82) is 0 Å². The summed E-state index contributed by atoms with van der Waals surface area (Å²) in [6, 6.07) is 5.35. The first-order valence-electron chi connectivity index (χ1n) is 5.90. The molecule has 1 aromatic heterocycles. The van der Waals surface area contributed by atoms with Gasteiger partial charge >= 0.3 is 0 Å². The van der Waals surface area contributed by atoms with Crippen LogP contribution in [0.15, 0.2) is 24.5 Å². The molecule has 1 aromatic carbocycles. The predicted molar refractivity (Wildman–Crippen MR) is 80.7 cm³/mol. The minimum absolute atomic E-state index is 0.551. The van der Waals surface area contributed by atoms with Crippen molar-refractivity contribution in [2.45, 2.75) is 13.8 Å². The maximum atomic E-state index is 6.13. The smallest absolute Gasteiger partial charge is 0.138 e. The zero-order valence-electron chi connectivity index (χ0n) is 10.7. The van der Waals surface area contributed by atoms with Gasteiger partial charge in [0, 0.05) is 12.1 Å². The quantitative estimate of drug-likeness (QED) is 0.885. The highest BCUT2D eigenvalue weighted by atomic mass is 35.5. The second kappa shape index (κ2) is 6.08. The first-order valence-corrected chi connectivity index (χ1v) is 6.65. The standard InChI is InChI=1S/C13H14Cl2N4/c1-3-16-12-8(2)13(18-7-17-12)19-11-9(14)5-4-6-10(11)15/h4-7H,3H2,1-2H3,(H2,16,17,18,19). The van der Waals surface area contributed by atoms with Crippen LogP contribution in [0.2, 0.25) is 10.0 Å². The fourth-order valence-electron chi connectivity index (χ4n) is 1.66. The predicted octanol–water partition coefficient (Wildman–Crippen LogP) is 4.27. The lowest BCUT2D eigenvalue weighted by atomic mass is 10.2. The zero-order valence-corrected chi connectivity index (χ0v) is 12.2.